The third-order valence-corrected chi connectivity index (χ3v) is 1.53. The largest absolute Gasteiger partial charge is 0.394 e. The number of aliphatic hydroxyl groups excluding tert-OH is 2. The molecule has 0 aromatic rings. The fraction of sp³-hybridized carbons (Fsp3) is 1.00. The van der Waals surface area contributed by atoms with E-state index in [1.807, 2.05) is 0 Å². The van der Waals surface area contributed by atoms with Crippen LogP contribution in [0.4, 0.5) is 0 Å². The molecule has 2 atom stereocenters. The zero-order chi connectivity index (χ0) is 6.69. The first kappa shape index (κ1) is 6.99. The van der Waals surface area contributed by atoms with E-state index in [1.54, 1.807) is 0 Å². The monoisotopic (exact) mass is 132 g/mol. The third-order valence-electron chi connectivity index (χ3n) is 1.53. The molecule has 3 nitrogen and oxygen atoms in total. The highest BCUT2D eigenvalue weighted by Gasteiger charge is 2.18. The second-order valence-electron chi connectivity index (χ2n) is 2.33. The molecular weight excluding hydrogens is 120 g/mol. The Morgan fingerprint density at radius 1 is 1.44 bits per heavy atom. The molecule has 0 amide bonds. The molecule has 9 heavy (non-hydrogen) atoms. The predicted octanol–water partition coefficient (Wildman–Crippen LogP) is -0.134. The number of hydrogen-bond acceptors (Lipinski definition) is 3. The lowest BCUT2D eigenvalue weighted by Gasteiger charge is -2.24. The Balaban J connectivity index is 2.23. The van der Waals surface area contributed by atoms with Gasteiger partial charge in [0.25, 0.3) is 0 Å². The van der Waals surface area contributed by atoms with Crippen LogP contribution in [0, 0.1) is 0 Å². The van der Waals surface area contributed by atoms with Gasteiger partial charge in [-0.3, -0.25) is 0 Å². The van der Waals surface area contributed by atoms with Gasteiger partial charge in [0, 0.05) is 0 Å². The van der Waals surface area contributed by atoms with Crippen LogP contribution in [0.15, 0.2) is 0 Å². The minimum absolute atomic E-state index is 0.0249. The topological polar surface area (TPSA) is 49.7 Å². The zero-order valence-corrected chi connectivity index (χ0v) is 5.29. The van der Waals surface area contributed by atoms with Crippen LogP contribution in [-0.2, 0) is 4.74 Å². The van der Waals surface area contributed by atoms with E-state index in [-0.39, 0.29) is 12.7 Å². The van der Waals surface area contributed by atoms with Crippen molar-refractivity contribution in [3.8, 4) is 0 Å². The van der Waals surface area contributed by atoms with Crippen LogP contribution in [0.5, 0.6) is 0 Å². The van der Waals surface area contributed by atoms with E-state index < -0.39 is 6.29 Å². The van der Waals surface area contributed by atoms with Gasteiger partial charge in [-0.15, -0.1) is 0 Å². The van der Waals surface area contributed by atoms with Crippen molar-refractivity contribution in [2.45, 2.75) is 31.7 Å². The van der Waals surface area contributed by atoms with Crippen LogP contribution in [0.25, 0.3) is 0 Å². The quantitative estimate of drug-likeness (QED) is 0.522. The Morgan fingerprint density at radius 3 is 2.67 bits per heavy atom. The maximum Gasteiger partial charge on any atom is 0.155 e. The minimum Gasteiger partial charge on any atom is -0.394 e. The van der Waals surface area contributed by atoms with Crippen molar-refractivity contribution >= 4 is 0 Å². The number of hydrogen-bond donors (Lipinski definition) is 2. The number of aliphatic hydroxyl groups is 2. The molecule has 0 aliphatic carbocycles. The Bertz CT molecular complexity index is 84.4. The van der Waals surface area contributed by atoms with Gasteiger partial charge >= 0.3 is 0 Å². The van der Waals surface area contributed by atoms with Crippen LogP contribution in [0.1, 0.15) is 19.3 Å². The molecule has 1 aliphatic heterocycles. The summed E-state index contributed by atoms with van der Waals surface area (Å²) in [4.78, 5) is 0. The van der Waals surface area contributed by atoms with Gasteiger partial charge in [0.1, 0.15) is 0 Å². The van der Waals surface area contributed by atoms with Crippen molar-refractivity contribution < 1.29 is 14.9 Å². The van der Waals surface area contributed by atoms with E-state index in [4.69, 9.17) is 14.9 Å². The first-order valence-electron chi connectivity index (χ1n) is 3.27. The summed E-state index contributed by atoms with van der Waals surface area (Å²) >= 11 is 0. The van der Waals surface area contributed by atoms with Gasteiger partial charge < -0.3 is 14.9 Å². The molecule has 0 spiro atoms. The molecule has 0 bridgehead atoms. The summed E-state index contributed by atoms with van der Waals surface area (Å²) in [6, 6.07) is 0. The molecule has 1 saturated heterocycles. The molecule has 0 radical (unpaired) electrons. The van der Waals surface area contributed by atoms with Crippen LogP contribution in [-0.4, -0.2) is 29.2 Å². The van der Waals surface area contributed by atoms with Crippen molar-refractivity contribution in [2.24, 2.45) is 0 Å². The molecule has 2 N–H and O–H groups in total. The fourth-order valence-corrected chi connectivity index (χ4v) is 1.01. The highest BCUT2D eigenvalue weighted by molar-refractivity contribution is 4.63. The van der Waals surface area contributed by atoms with Gasteiger partial charge in [-0.2, -0.15) is 0 Å². The summed E-state index contributed by atoms with van der Waals surface area (Å²) in [6.45, 7) is 0.0249. The molecule has 1 heterocycles. The summed E-state index contributed by atoms with van der Waals surface area (Å²) in [5.74, 6) is 0. The first-order valence-corrected chi connectivity index (χ1v) is 3.27. The molecule has 3 heteroatoms. The van der Waals surface area contributed by atoms with Crippen molar-refractivity contribution in [2.75, 3.05) is 6.61 Å². The van der Waals surface area contributed by atoms with E-state index >= 15 is 0 Å². The van der Waals surface area contributed by atoms with E-state index in [0.29, 0.717) is 6.42 Å². The van der Waals surface area contributed by atoms with Crippen LogP contribution in [0.3, 0.4) is 0 Å². The molecule has 54 valence electrons. The minimum atomic E-state index is -0.643. The Kier molecular flexibility index (Phi) is 2.45. The second kappa shape index (κ2) is 3.15. The van der Waals surface area contributed by atoms with Gasteiger partial charge in [0.05, 0.1) is 12.7 Å². The second-order valence-corrected chi connectivity index (χ2v) is 2.33. The van der Waals surface area contributed by atoms with E-state index in [0.717, 1.165) is 12.8 Å². The fourth-order valence-electron chi connectivity index (χ4n) is 1.01. The standard InChI is InChI=1S/C6H12O3/c7-4-5-2-1-3-6(8)9-5/h5-8H,1-4H2/t5-,6?/m0/s1. The summed E-state index contributed by atoms with van der Waals surface area (Å²) in [5.41, 5.74) is 0. The summed E-state index contributed by atoms with van der Waals surface area (Å²) in [5, 5.41) is 17.5. The van der Waals surface area contributed by atoms with E-state index in [1.165, 1.54) is 0 Å². The van der Waals surface area contributed by atoms with Gasteiger partial charge in [0.2, 0.25) is 0 Å². The van der Waals surface area contributed by atoms with Crippen molar-refractivity contribution in [1.29, 1.82) is 0 Å². The lowest BCUT2D eigenvalue weighted by atomic mass is 10.1. The summed E-state index contributed by atoms with van der Waals surface area (Å²) in [7, 11) is 0. The molecule has 0 aromatic carbocycles. The summed E-state index contributed by atoms with van der Waals surface area (Å²) in [6.07, 6.45) is 1.75. The molecule has 0 aromatic heterocycles. The van der Waals surface area contributed by atoms with Crippen LogP contribution in [0.2, 0.25) is 0 Å². The van der Waals surface area contributed by atoms with Crippen molar-refractivity contribution in [1.82, 2.24) is 0 Å². The number of ether oxygens (including phenoxy) is 1. The first-order chi connectivity index (χ1) is 4.33. The smallest absolute Gasteiger partial charge is 0.155 e. The highest BCUT2D eigenvalue weighted by atomic mass is 16.6. The molecule has 1 aliphatic rings. The van der Waals surface area contributed by atoms with Crippen LogP contribution >= 0.6 is 0 Å². The molecule has 1 fully saturated rings. The normalized spacial score (nSPS) is 36.7. The average molecular weight is 132 g/mol. The van der Waals surface area contributed by atoms with Gasteiger partial charge in [-0.05, 0) is 19.3 Å². The lowest BCUT2D eigenvalue weighted by Crippen LogP contribution is -2.29. The predicted molar refractivity (Wildman–Crippen MR) is 31.8 cm³/mol. The summed E-state index contributed by atoms with van der Waals surface area (Å²) < 4.78 is 4.94. The van der Waals surface area contributed by atoms with Gasteiger partial charge in [-0.1, -0.05) is 0 Å². The number of rotatable bonds is 1. The lowest BCUT2D eigenvalue weighted by molar-refractivity contribution is -0.172. The molecular formula is C6H12O3. The van der Waals surface area contributed by atoms with E-state index in [2.05, 4.69) is 0 Å². The Labute approximate surface area is 54.3 Å². The van der Waals surface area contributed by atoms with Crippen LogP contribution < -0.4 is 0 Å². The molecule has 1 unspecified atom stereocenters. The average Bonchev–Trinajstić information content (AvgIpc) is 1.88. The van der Waals surface area contributed by atoms with E-state index in [9.17, 15) is 0 Å². The molecule has 1 rings (SSSR count). The Morgan fingerprint density at radius 2 is 2.22 bits per heavy atom. The van der Waals surface area contributed by atoms with Gasteiger partial charge in [0.15, 0.2) is 6.29 Å². The maximum absolute atomic E-state index is 8.88. The van der Waals surface area contributed by atoms with Gasteiger partial charge in [-0.25, -0.2) is 0 Å². The van der Waals surface area contributed by atoms with Crippen molar-refractivity contribution in [3.63, 3.8) is 0 Å². The zero-order valence-electron chi connectivity index (χ0n) is 5.29. The third kappa shape index (κ3) is 1.93. The van der Waals surface area contributed by atoms with Crippen molar-refractivity contribution in [3.05, 3.63) is 0 Å². The maximum atomic E-state index is 8.88. The SMILES string of the molecule is OC[C@@H]1CCCC(O)O1. The molecule has 0 saturated carbocycles. The highest BCUT2D eigenvalue weighted by Crippen LogP contribution is 2.16. The Hall–Kier alpha value is -0.120.